The second kappa shape index (κ2) is 8.12. The van der Waals surface area contributed by atoms with Crippen LogP contribution < -0.4 is 15.6 Å². The number of nitrogens with one attached hydrogen (secondary N) is 2. The molecule has 2 N–H and O–H groups in total. The van der Waals surface area contributed by atoms with E-state index in [1.165, 1.54) is 6.21 Å². The average Bonchev–Trinajstić information content (AvgIpc) is 2.55. The van der Waals surface area contributed by atoms with Gasteiger partial charge in [-0.2, -0.15) is 5.10 Å². The van der Waals surface area contributed by atoms with E-state index in [2.05, 4.69) is 15.8 Å². The van der Waals surface area contributed by atoms with E-state index in [9.17, 15) is 9.59 Å². The first-order chi connectivity index (χ1) is 11.5. The number of carbonyl (C=O) groups is 2. The SMILES string of the molecule is CN(C)c1ccc(/C=N/NC(=O)C(=O)Nc2cccc(Cl)c2)cc1. The van der Waals surface area contributed by atoms with Crippen molar-refractivity contribution in [1.29, 1.82) is 0 Å². The number of rotatable bonds is 4. The maximum Gasteiger partial charge on any atom is 0.329 e. The average molecular weight is 345 g/mol. The van der Waals surface area contributed by atoms with E-state index in [1.807, 2.05) is 43.3 Å². The predicted octanol–water partition coefficient (Wildman–Crippen LogP) is 2.49. The number of anilines is 2. The van der Waals surface area contributed by atoms with Crippen molar-refractivity contribution in [3.63, 3.8) is 0 Å². The molecule has 0 unspecified atom stereocenters. The zero-order valence-electron chi connectivity index (χ0n) is 13.3. The summed E-state index contributed by atoms with van der Waals surface area (Å²) in [5.74, 6) is -1.69. The number of benzene rings is 2. The summed E-state index contributed by atoms with van der Waals surface area (Å²) in [6.07, 6.45) is 1.46. The van der Waals surface area contributed by atoms with Crippen molar-refractivity contribution in [2.24, 2.45) is 5.10 Å². The minimum atomic E-state index is -0.865. The van der Waals surface area contributed by atoms with Gasteiger partial charge in [-0.3, -0.25) is 9.59 Å². The Morgan fingerprint density at radius 2 is 1.79 bits per heavy atom. The molecule has 2 rings (SSSR count). The van der Waals surface area contributed by atoms with Crippen LogP contribution in [0.1, 0.15) is 5.56 Å². The van der Waals surface area contributed by atoms with E-state index < -0.39 is 11.8 Å². The van der Waals surface area contributed by atoms with Crippen LogP contribution in [0, 0.1) is 0 Å². The van der Waals surface area contributed by atoms with Crippen molar-refractivity contribution < 1.29 is 9.59 Å². The molecule has 0 saturated heterocycles. The fourth-order valence-corrected chi connectivity index (χ4v) is 2.02. The zero-order chi connectivity index (χ0) is 17.5. The van der Waals surface area contributed by atoms with Gasteiger partial charge in [0.05, 0.1) is 6.21 Å². The molecule has 0 radical (unpaired) electrons. The highest BCUT2D eigenvalue weighted by atomic mass is 35.5. The van der Waals surface area contributed by atoms with Gasteiger partial charge < -0.3 is 10.2 Å². The summed E-state index contributed by atoms with van der Waals surface area (Å²) in [5, 5.41) is 6.67. The van der Waals surface area contributed by atoms with E-state index in [0.29, 0.717) is 10.7 Å². The molecule has 2 amide bonds. The summed E-state index contributed by atoms with van der Waals surface area (Å²) in [4.78, 5) is 25.4. The second-order valence-corrected chi connectivity index (χ2v) is 5.59. The molecule has 0 atom stereocenters. The third-order valence-electron chi connectivity index (χ3n) is 3.08. The van der Waals surface area contributed by atoms with Gasteiger partial charge in [-0.15, -0.1) is 0 Å². The Bertz CT molecular complexity index is 757. The fraction of sp³-hybridized carbons (Fsp3) is 0.118. The Hall–Kier alpha value is -2.86. The summed E-state index contributed by atoms with van der Waals surface area (Å²) < 4.78 is 0. The summed E-state index contributed by atoms with van der Waals surface area (Å²) in [6, 6.07) is 14.1. The van der Waals surface area contributed by atoms with Crippen LogP contribution in [0.2, 0.25) is 5.02 Å². The number of nitrogens with zero attached hydrogens (tertiary/aromatic N) is 2. The van der Waals surface area contributed by atoms with Gasteiger partial charge in [0.1, 0.15) is 0 Å². The lowest BCUT2D eigenvalue weighted by Crippen LogP contribution is -2.32. The molecule has 24 heavy (non-hydrogen) atoms. The maximum absolute atomic E-state index is 11.7. The monoisotopic (exact) mass is 344 g/mol. The molecule has 2 aromatic rings. The van der Waals surface area contributed by atoms with Crippen molar-refractivity contribution in [2.45, 2.75) is 0 Å². The van der Waals surface area contributed by atoms with Crippen LogP contribution in [0.25, 0.3) is 0 Å². The molecule has 0 aromatic heterocycles. The van der Waals surface area contributed by atoms with Gasteiger partial charge in [0, 0.05) is 30.5 Å². The fourth-order valence-electron chi connectivity index (χ4n) is 1.83. The van der Waals surface area contributed by atoms with E-state index >= 15 is 0 Å². The molecule has 6 nitrogen and oxygen atoms in total. The van der Waals surface area contributed by atoms with Crippen LogP contribution >= 0.6 is 11.6 Å². The molecular formula is C17H17ClN4O2. The maximum atomic E-state index is 11.7. The lowest BCUT2D eigenvalue weighted by atomic mass is 10.2. The predicted molar refractivity (Wildman–Crippen MR) is 96.6 cm³/mol. The van der Waals surface area contributed by atoms with Crippen LogP contribution in [0.5, 0.6) is 0 Å². The highest BCUT2D eigenvalue weighted by Crippen LogP contribution is 2.14. The summed E-state index contributed by atoms with van der Waals surface area (Å²) >= 11 is 5.81. The van der Waals surface area contributed by atoms with Crippen molar-refractivity contribution in [1.82, 2.24) is 5.43 Å². The Morgan fingerprint density at radius 1 is 1.08 bits per heavy atom. The van der Waals surface area contributed by atoms with Gasteiger partial charge in [-0.1, -0.05) is 29.8 Å². The van der Waals surface area contributed by atoms with Gasteiger partial charge in [0.15, 0.2) is 0 Å². The standard InChI is InChI=1S/C17H17ClN4O2/c1-22(2)15-8-6-12(7-9-15)11-19-21-17(24)16(23)20-14-5-3-4-13(18)10-14/h3-11H,1-2H3,(H,20,23)(H,21,24)/b19-11+. The third-order valence-corrected chi connectivity index (χ3v) is 3.31. The lowest BCUT2D eigenvalue weighted by Gasteiger charge is -2.11. The first kappa shape index (κ1) is 17.5. The van der Waals surface area contributed by atoms with Crippen molar-refractivity contribution >= 4 is 41.0 Å². The molecular weight excluding hydrogens is 328 g/mol. The molecule has 2 aromatic carbocycles. The highest BCUT2D eigenvalue weighted by molar-refractivity contribution is 6.39. The Morgan fingerprint density at radius 3 is 2.42 bits per heavy atom. The number of hydrogen-bond acceptors (Lipinski definition) is 4. The minimum absolute atomic E-state index is 0.436. The molecule has 0 bridgehead atoms. The molecule has 124 valence electrons. The normalized spacial score (nSPS) is 10.5. The first-order valence-corrected chi connectivity index (χ1v) is 7.51. The number of hydrogen-bond donors (Lipinski definition) is 2. The summed E-state index contributed by atoms with van der Waals surface area (Å²) in [7, 11) is 3.89. The number of hydrazone groups is 1. The first-order valence-electron chi connectivity index (χ1n) is 7.13. The largest absolute Gasteiger partial charge is 0.378 e. The molecule has 0 saturated carbocycles. The molecule has 0 fully saturated rings. The zero-order valence-corrected chi connectivity index (χ0v) is 14.0. The highest BCUT2D eigenvalue weighted by Gasteiger charge is 2.12. The van der Waals surface area contributed by atoms with E-state index in [-0.39, 0.29) is 0 Å². The van der Waals surface area contributed by atoms with Crippen molar-refractivity contribution in [3.05, 3.63) is 59.1 Å². The topological polar surface area (TPSA) is 73.8 Å². The Labute approximate surface area is 145 Å². The van der Waals surface area contributed by atoms with Gasteiger partial charge in [-0.25, -0.2) is 5.43 Å². The molecule has 0 spiro atoms. The van der Waals surface area contributed by atoms with Crippen LogP contribution in [0.3, 0.4) is 0 Å². The smallest absolute Gasteiger partial charge is 0.329 e. The van der Waals surface area contributed by atoms with Crippen molar-refractivity contribution in [2.75, 3.05) is 24.3 Å². The van der Waals surface area contributed by atoms with Crippen LogP contribution in [0.4, 0.5) is 11.4 Å². The summed E-state index contributed by atoms with van der Waals surface area (Å²) in [6.45, 7) is 0. The van der Waals surface area contributed by atoms with Crippen LogP contribution in [-0.4, -0.2) is 32.1 Å². The van der Waals surface area contributed by atoms with E-state index in [4.69, 9.17) is 11.6 Å². The molecule has 0 heterocycles. The second-order valence-electron chi connectivity index (χ2n) is 5.15. The molecule has 0 aliphatic carbocycles. The minimum Gasteiger partial charge on any atom is -0.378 e. The Kier molecular flexibility index (Phi) is 5.92. The molecule has 7 heteroatoms. The van der Waals surface area contributed by atoms with Gasteiger partial charge in [0.25, 0.3) is 0 Å². The third kappa shape index (κ3) is 5.10. The summed E-state index contributed by atoms with van der Waals surface area (Å²) in [5.41, 5.74) is 4.47. The lowest BCUT2D eigenvalue weighted by molar-refractivity contribution is -0.136. The quantitative estimate of drug-likeness (QED) is 0.508. The van der Waals surface area contributed by atoms with E-state index in [0.717, 1.165) is 11.3 Å². The number of halogens is 1. The number of amides is 2. The Balaban J connectivity index is 1.88. The van der Waals surface area contributed by atoms with Crippen LogP contribution in [0.15, 0.2) is 53.6 Å². The molecule has 0 aliphatic heterocycles. The van der Waals surface area contributed by atoms with E-state index in [1.54, 1.807) is 24.3 Å². The molecule has 0 aliphatic rings. The van der Waals surface area contributed by atoms with Gasteiger partial charge >= 0.3 is 11.8 Å². The van der Waals surface area contributed by atoms with Gasteiger partial charge in [-0.05, 0) is 35.9 Å². The van der Waals surface area contributed by atoms with Crippen molar-refractivity contribution in [3.8, 4) is 0 Å². The van der Waals surface area contributed by atoms with Crippen LogP contribution in [-0.2, 0) is 9.59 Å². The van der Waals surface area contributed by atoms with Gasteiger partial charge in [0.2, 0.25) is 0 Å². The number of carbonyl (C=O) groups excluding carboxylic acids is 2.